The minimum atomic E-state index is -0.402. The van der Waals surface area contributed by atoms with Crippen molar-refractivity contribution in [2.75, 3.05) is 6.54 Å². The molecule has 0 spiro atoms. The van der Waals surface area contributed by atoms with Crippen LogP contribution < -0.4 is 0 Å². The first-order valence-electron chi connectivity index (χ1n) is 10.3. The average molecular weight is 419 g/mol. The predicted molar refractivity (Wildman–Crippen MR) is 113 cm³/mol. The number of aromatic nitrogens is 4. The van der Waals surface area contributed by atoms with Gasteiger partial charge in [-0.3, -0.25) is 4.79 Å². The Balaban J connectivity index is 1.48. The number of aryl methyl sites for hydroxylation is 1. The Morgan fingerprint density at radius 3 is 2.74 bits per heavy atom. The summed E-state index contributed by atoms with van der Waals surface area (Å²) in [6.07, 6.45) is 4.79. The van der Waals surface area contributed by atoms with Crippen molar-refractivity contribution >= 4 is 17.0 Å². The third-order valence-electron chi connectivity index (χ3n) is 5.90. The van der Waals surface area contributed by atoms with Crippen molar-refractivity contribution in [3.63, 3.8) is 0 Å². The molecule has 0 saturated carbocycles. The molecular formula is C23H22FN5O2. The van der Waals surface area contributed by atoms with E-state index in [9.17, 15) is 9.18 Å². The molecule has 0 N–H and O–H groups in total. The summed E-state index contributed by atoms with van der Waals surface area (Å²) in [6.45, 7) is 4.45. The van der Waals surface area contributed by atoms with Crippen molar-refractivity contribution in [1.29, 1.82) is 0 Å². The maximum absolute atomic E-state index is 14.1. The van der Waals surface area contributed by atoms with Crippen LogP contribution in [-0.4, -0.2) is 43.4 Å². The number of hydrogen-bond donors (Lipinski definition) is 0. The summed E-state index contributed by atoms with van der Waals surface area (Å²) < 4.78 is 19.9. The van der Waals surface area contributed by atoms with Gasteiger partial charge in [0.25, 0.3) is 5.91 Å². The van der Waals surface area contributed by atoms with E-state index < -0.39 is 5.82 Å². The molecule has 8 heteroatoms. The van der Waals surface area contributed by atoms with Crippen LogP contribution in [0.3, 0.4) is 0 Å². The molecule has 1 amide bonds. The highest BCUT2D eigenvalue weighted by Crippen LogP contribution is 2.33. The minimum absolute atomic E-state index is 0.0591. The van der Waals surface area contributed by atoms with Gasteiger partial charge in [-0.15, -0.1) is 0 Å². The fourth-order valence-corrected chi connectivity index (χ4v) is 4.19. The quantitative estimate of drug-likeness (QED) is 0.496. The summed E-state index contributed by atoms with van der Waals surface area (Å²) in [5, 5.41) is 8.39. The molecule has 0 aliphatic carbocycles. The molecule has 0 unspecified atom stereocenters. The van der Waals surface area contributed by atoms with E-state index in [1.54, 1.807) is 24.5 Å². The van der Waals surface area contributed by atoms with Crippen molar-refractivity contribution in [2.45, 2.75) is 38.6 Å². The van der Waals surface area contributed by atoms with E-state index in [0.29, 0.717) is 29.3 Å². The van der Waals surface area contributed by atoms with Crippen LogP contribution in [0.1, 0.15) is 47.5 Å². The normalized spacial score (nSPS) is 19.1. The number of nitrogens with zero attached hydrogens (tertiary/aromatic N) is 5. The summed E-state index contributed by atoms with van der Waals surface area (Å²) >= 11 is 0. The third kappa shape index (κ3) is 3.48. The summed E-state index contributed by atoms with van der Waals surface area (Å²) in [5.41, 5.74) is 2.83. The van der Waals surface area contributed by atoms with E-state index in [1.807, 2.05) is 36.9 Å². The molecule has 1 aliphatic rings. The number of piperidine rings is 1. The fraction of sp³-hybridized carbons (Fsp3) is 0.304. The van der Waals surface area contributed by atoms with Gasteiger partial charge in [-0.25, -0.2) is 9.37 Å². The molecule has 2 aromatic carbocycles. The first-order chi connectivity index (χ1) is 15.0. The van der Waals surface area contributed by atoms with Gasteiger partial charge in [0.05, 0.1) is 29.6 Å². The van der Waals surface area contributed by atoms with E-state index in [-0.39, 0.29) is 23.4 Å². The highest BCUT2D eigenvalue weighted by molar-refractivity contribution is 5.98. The SMILES string of the molecule is Cc1ccc(-n2nccn2)c(C(=O)N2C[C@H](c3nc4c(F)cccc4o3)CC[C@H]2C)c1. The molecule has 1 fully saturated rings. The van der Waals surface area contributed by atoms with Crippen molar-refractivity contribution in [3.05, 3.63) is 71.6 Å². The van der Waals surface area contributed by atoms with Gasteiger partial charge in [0.2, 0.25) is 0 Å². The fourth-order valence-electron chi connectivity index (χ4n) is 4.19. The Bertz CT molecular complexity index is 1250. The molecule has 0 bridgehead atoms. The number of para-hydroxylation sites is 1. The topological polar surface area (TPSA) is 77.1 Å². The number of halogens is 1. The Kier molecular flexibility index (Phi) is 4.77. The van der Waals surface area contributed by atoms with Crippen LogP contribution in [-0.2, 0) is 0 Å². The number of likely N-dealkylation sites (tertiary alicyclic amines) is 1. The highest BCUT2D eigenvalue weighted by Gasteiger charge is 2.34. The van der Waals surface area contributed by atoms with Crippen LogP contribution in [0, 0.1) is 12.7 Å². The lowest BCUT2D eigenvalue weighted by Crippen LogP contribution is -2.45. The standard InChI is InChI=1S/C23H22FN5O2/c1-14-6-9-19(29-25-10-11-26-29)17(12-14)23(30)28-13-16(8-7-15(28)2)22-27-21-18(24)4-3-5-20(21)31-22/h3-6,9-12,15-16H,7-8,13H2,1-2H3/t15-,16-/m1/s1. The summed E-state index contributed by atoms with van der Waals surface area (Å²) in [4.78, 5) is 21.3. The molecule has 158 valence electrons. The molecule has 4 aromatic rings. The van der Waals surface area contributed by atoms with Crippen LogP contribution in [0.5, 0.6) is 0 Å². The number of fused-ring (bicyclic) bond motifs is 1. The summed E-state index contributed by atoms with van der Waals surface area (Å²) in [7, 11) is 0. The van der Waals surface area contributed by atoms with Gasteiger partial charge in [-0.1, -0.05) is 17.7 Å². The molecule has 2 aromatic heterocycles. The Hall–Kier alpha value is -3.55. The molecule has 31 heavy (non-hydrogen) atoms. The van der Waals surface area contributed by atoms with Gasteiger partial charge in [-0.2, -0.15) is 15.0 Å². The summed E-state index contributed by atoms with van der Waals surface area (Å²) in [5.74, 6) is -0.109. The number of carbonyl (C=O) groups excluding carboxylic acids is 1. The van der Waals surface area contributed by atoms with Crippen LogP contribution in [0.15, 0.2) is 53.2 Å². The summed E-state index contributed by atoms with van der Waals surface area (Å²) in [6, 6.07) is 10.4. The average Bonchev–Trinajstić information content (AvgIpc) is 3.44. The van der Waals surface area contributed by atoms with Gasteiger partial charge < -0.3 is 9.32 Å². The molecular weight excluding hydrogens is 397 g/mol. The zero-order valence-corrected chi connectivity index (χ0v) is 17.3. The van der Waals surface area contributed by atoms with Crippen LogP contribution in [0.2, 0.25) is 0 Å². The van der Waals surface area contributed by atoms with E-state index in [2.05, 4.69) is 15.2 Å². The Morgan fingerprint density at radius 1 is 1.16 bits per heavy atom. The smallest absolute Gasteiger partial charge is 0.256 e. The lowest BCUT2D eigenvalue weighted by atomic mass is 9.92. The number of amides is 1. The van der Waals surface area contributed by atoms with Crippen molar-refractivity contribution < 1.29 is 13.6 Å². The zero-order valence-electron chi connectivity index (χ0n) is 17.3. The van der Waals surface area contributed by atoms with Gasteiger partial charge >= 0.3 is 0 Å². The zero-order chi connectivity index (χ0) is 21.5. The van der Waals surface area contributed by atoms with Gasteiger partial charge in [0.1, 0.15) is 5.52 Å². The molecule has 5 rings (SSSR count). The third-order valence-corrected chi connectivity index (χ3v) is 5.90. The molecule has 2 atom stereocenters. The van der Waals surface area contributed by atoms with Crippen molar-refractivity contribution in [3.8, 4) is 5.69 Å². The molecule has 1 saturated heterocycles. The van der Waals surface area contributed by atoms with Gasteiger partial charge in [0.15, 0.2) is 17.3 Å². The Morgan fingerprint density at radius 2 is 1.97 bits per heavy atom. The Labute approximate surface area is 178 Å². The molecule has 1 aliphatic heterocycles. The number of benzene rings is 2. The molecule has 0 radical (unpaired) electrons. The first kappa shape index (κ1) is 19.4. The second kappa shape index (κ2) is 7.61. The number of hydrogen-bond acceptors (Lipinski definition) is 5. The maximum Gasteiger partial charge on any atom is 0.256 e. The van der Waals surface area contributed by atoms with Gasteiger partial charge in [0, 0.05) is 12.6 Å². The monoisotopic (exact) mass is 419 g/mol. The van der Waals surface area contributed by atoms with Gasteiger partial charge in [-0.05, 0) is 51.0 Å². The number of carbonyl (C=O) groups is 1. The van der Waals surface area contributed by atoms with Crippen LogP contribution >= 0.6 is 0 Å². The number of rotatable bonds is 3. The lowest BCUT2D eigenvalue weighted by Gasteiger charge is -2.37. The largest absolute Gasteiger partial charge is 0.440 e. The van der Waals surface area contributed by atoms with E-state index in [4.69, 9.17) is 4.42 Å². The van der Waals surface area contributed by atoms with E-state index in [0.717, 1.165) is 18.4 Å². The molecule has 7 nitrogen and oxygen atoms in total. The maximum atomic E-state index is 14.1. The number of oxazole rings is 1. The van der Waals surface area contributed by atoms with E-state index in [1.165, 1.54) is 10.9 Å². The van der Waals surface area contributed by atoms with Crippen molar-refractivity contribution in [2.24, 2.45) is 0 Å². The first-order valence-corrected chi connectivity index (χ1v) is 10.3. The van der Waals surface area contributed by atoms with Crippen LogP contribution in [0.25, 0.3) is 16.8 Å². The predicted octanol–water partition coefficient (Wildman–Crippen LogP) is 4.26. The van der Waals surface area contributed by atoms with Crippen LogP contribution in [0.4, 0.5) is 4.39 Å². The van der Waals surface area contributed by atoms with E-state index >= 15 is 0 Å². The lowest BCUT2D eigenvalue weighted by molar-refractivity contribution is 0.0597. The second-order valence-electron chi connectivity index (χ2n) is 8.06. The minimum Gasteiger partial charge on any atom is -0.440 e. The second-order valence-corrected chi connectivity index (χ2v) is 8.06. The van der Waals surface area contributed by atoms with Crippen molar-refractivity contribution in [1.82, 2.24) is 24.9 Å². The highest BCUT2D eigenvalue weighted by atomic mass is 19.1. The molecule has 3 heterocycles.